The third-order valence-corrected chi connectivity index (χ3v) is 6.81. The molecule has 34 heavy (non-hydrogen) atoms. The minimum atomic E-state index is 0.0489. The Hall–Kier alpha value is -3.55. The van der Waals surface area contributed by atoms with Gasteiger partial charge in [0.2, 0.25) is 5.91 Å². The Labute approximate surface area is 199 Å². The predicted octanol–water partition coefficient (Wildman–Crippen LogP) is 5.24. The summed E-state index contributed by atoms with van der Waals surface area (Å²) < 4.78 is 3.48. The van der Waals surface area contributed by atoms with Crippen molar-refractivity contribution < 1.29 is 4.79 Å². The minimum Gasteiger partial charge on any atom is -0.310 e. The van der Waals surface area contributed by atoms with Crippen molar-refractivity contribution in [3.63, 3.8) is 0 Å². The highest BCUT2D eigenvalue weighted by Crippen LogP contribution is 2.33. The van der Waals surface area contributed by atoms with Gasteiger partial charge in [0.1, 0.15) is 12.1 Å². The number of benzene rings is 1. The highest BCUT2D eigenvalue weighted by atomic mass is 16.2. The van der Waals surface area contributed by atoms with Crippen molar-refractivity contribution in [1.82, 2.24) is 29.5 Å². The molecule has 176 valence electrons. The molecule has 0 atom stereocenters. The first kappa shape index (κ1) is 22.3. The average molecular weight is 458 g/mol. The Morgan fingerprint density at radius 2 is 1.88 bits per heavy atom. The Morgan fingerprint density at radius 3 is 2.65 bits per heavy atom. The second-order valence-electron chi connectivity index (χ2n) is 9.26. The van der Waals surface area contributed by atoms with Crippen molar-refractivity contribution in [1.29, 1.82) is 0 Å². The fourth-order valence-corrected chi connectivity index (χ4v) is 4.94. The van der Waals surface area contributed by atoms with Gasteiger partial charge < -0.3 is 5.32 Å². The maximum atomic E-state index is 13.1. The number of unbranched alkanes of at least 4 members (excludes halogenated alkanes) is 1. The van der Waals surface area contributed by atoms with Gasteiger partial charge in [0, 0.05) is 12.0 Å². The summed E-state index contributed by atoms with van der Waals surface area (Å²) in [6.07, 6.45) is 11.3. The Morgan fingerprint density at radius 1 is 1.09 bits per heavy atom. The van der Waals surface area contributed by atoms with Gasteiger partial charge in [-0.25, -0.2) is 14.6 Å². The first-order valence-electron chi connectivity index (χ1n) is 12.3. The van der Waals surface area contributed by atoms with Crippen LogP contribution in [0, 0.1) is 18.8 Å². The van der Waals surface area contributed by atoms with E-state index in [4.69, 9.17) is 0 Å². The molecule has 1 amide bonds. The van der Waals surface area contributed by atoms with Crippen LogP contribution in [0.15, 0.2) is 48.9 Å². The van der Waals surface area contributed by atoms with E-state index < -0.39 is 0 Å². The van der Waals surface area contributed by atoms with Crippen molar-refractivity contribution in [2.45, 2.75) is 58.8 Å². The van der Waals surface area contributed by atoms with Crippen LogP contribution in [0.1, 0.15) is 57.6 Å². The summed E-state index contributed by atoms with van der Waals surface area (Å²) in [5, 5.41) is 13.1. The first-order chi connectivity index (χ1) is 16.6. The molecule has 3 aromatic heterocycles. The molecule has 1 fully saturated rings. The summed E-state index contributed by atoms with van der Waals surface area (Å²) >= 11 is 0. The number of fused-ring (bicyclic) bond motifs is 1. The monoisotopic (exact) mass is 457 g/mol. The van der Waals surface area contributed by atoms with Gasteiger partial charge in [-0.15, -0.1) is 0 Å². The third kappa shape index (κ3) is 4.44. The molecule has 0 aliphatic heterocycles. The standard InChI is InChI=1S/C26H31N7O/c1-3-4-8-19-11-13-20(14-12-19)26(34)30-23-15-18(2)31-33(23)25-22-16-29-32(24(22)27-17-28-25)21-9-6-5-7-10-21/h5-7,9-10,15-17,19-20H,3-4,8,11-14H2,1-2H3,(H,30,34). The van der Waals surface area contributed by atoms with Crippen LogP contribution in [0.4, 0.5) is 5.82 Å². The van der Waals surface area contributed by atoms with E-state index in [1.807, 2.05) is 43.3 Å². The summed E-state index contributed by atoms with van der Waals surface area (Å²) in [6.45, 7) is 4.15. The molecule has 0 bridgehead atoms. The number of carbonyl (C=O) groups excluding carboxylic acids is 1. The molecule has 1 aliphatic rings. The van der Waals surface area contributed by atoms with Crippen LogP contribution >= 0.6 is 0 Å². The molecular formula is C26H31N7O. The first-order valence-corrected chi connectivity index (χ1v) is 12.3. The van der Waals surface area contributed by atoms with Gasteiger partial charge in [0.15, 0.2) is 11.5 Å². The summed E-state index contributed by atoms with van der Waals surface area (Å²) in [7, 11) is 0. The molecule has 0 radical (unpaired) electrons. The number of aryl methyl sites for hydroxylation is 1. The Kier molecular flexibility index (Phi) is 6.38. The SMILES string of the molecule is CCCCC1CCC(C(=O)Nc2cc(C)nn2-c2ncnc3c2cnn3-c2ccccc2)CC1. The summed E-state index contributed by atoms with van der Waals surface area (Å²) in [5.41, 5.74) is 2.41. The van der Waals surface area contributed by atoms with Crippen molar-refractivity contribution >= 4 is 22.8 Å². The van der Waals surface area contributed by atoms with Crippen LogP contribution < -0.4 is 5.32 Å². The zero-order valence-corrected chi connectivity index (χ0v) is 19.8. The molecule has 0 spiro atoms. The average Bonchev–Trinajstić information content (AvgIpc) is 3.46. The second kappa shape index (κ2) is 9.75. The van der Waals surface area contributed by atoms with Crippen LogP contribution in [-0.4, -0.2) is 35.4 Å². The molecule has 0 saturated heterocycles. The van der Waals surface area contributed by atoms with E-state index >= 15 is 0 Å². The number of hydrogen-bond acceptors (Lipinski definition) is 5. The molecule has 3 heterocycles. The second-order valence-corrected chi connectivity index (χ2v) is 9.26. The fourth-order valence-electron chi connectivity index (χ4n) is 4.94. The van der Waals surface area contributed by atoms with E-state index in [1.54, 1.807) is 15.6 Å². The molecule has 1 aromatic carbocycles. The van der Waals surface area contributed by atoms with Crippen molar-refractivity contribution in [2.24, 2.45) is 11.8 Å². The highest BCUT2D eigenvalue weighted by Gasteiger charge is 2.27. The maximum absolute atomic E-state index is 13.1. The van der Waals surface area contributed by atoms with Crippen molar-refractivity contribution in [3.05, 3.63) is 54.6 Å². The molecule has 5 rings (SSSR count). The zero-order valence-electron chi connectivity index (χ0n) is 19.8. The van der Waals surface area contributed by atoms with E-state index in [9.17, 15) is 4.79 Å². The van der Waals surface area contributed by atoms with Gasteiger partial charge >= 0.3 is 0 Å². The number of aromatic nitrogens is 6. The summed E-state index contributed by atoms with van der Waals surface area (Å²) in [5.74, 6) is 2.11. The number of nitrogens with one attached hydrogen (secondary N) is 1. The number of carbonyl (C=O) groups is 1. The lowest BCUT2D eigenvalue weighted by Crippen LogP contribution is -2.28. The van der Waals surface area contributed by atoms with Crippen molar-refractivity contribution in [2.75, 3.05) is 5.32 Å². The largest absolute Gasteiger partial charge is 0.310 e. The smallest absolute Gasteiger partial charge is 0.228 e. The van der Waals surface area contributed by atoms with Gasteiger partial charge in [-0.3, -0.25) is 4.79 Å². The minimum absolute atomic E-state index is 0.0489. The normalized spacial score (nSPS) is 18.3. The number of hydrogen-bond donors (Lipinski definition) is 1. The van der Waals surface area contributed by atoms with E-state index in [-0.39, 0.29) is 11.8 Å². The molecule has 4 aromatic rings. The van der Waals surface area contributed by atoms with Crippen LogP contribution in [0.3, 0.4) is 0 Å². The molecular weight excluding hydrogens is 426 g/mol. The quantitative estimate of drug-likeness (QED) is 0.410. The van der Waals surface area contributed by atoms with E-state index in [2.05, 4.69) is 32.4 Å². The lowest BCUT2D eigenvalue weighted by molar-refractivity contribution is -0.121. The zero-order chi connectivity index (χ0) is 23.5. The Bertz CT molecular complexity index is 1270. The van der Waals surface area contributed by atoms with Gasteiger partial charge in [0.25, 0.3) is 0 Å². The molecule has 8 nitrogen and oxygen atoms in total. The summed E-state index contributed by atoms with van der Waals surface area (Å²) in [6, 6.07) is 11.7. The van der Waals surface area contributed by atoms with Gasteiger partial charge in [-0.2, -0.15) is 14.9 Å². The van der Waals surface area contributed by atoms with E-state index in [1.165, 1.54) is 25.6 Å². The number of rotatable bonds is 7. The fraction of sp³-hybridized carbons (Fsp3) is 0.423. The number of amides is 1. The predicted molar refractivity (Wildman–Crippen MR) is 132 cm³/mol. The molecule has 8 heteroatoms. The van der Waals surface area contributed by atoms with Gasteiger partial charge in [-0.05, 0) is 50.7 Å². The molecule has 1 aliphatic carbocycles. The van der Waals surface area contributed by atoms with E-state index in [0.717, 1.165) is 48.4 Å². The van der Waals surface area contributed by atoms with Crippen molar-refractivity contribution in [3.8, 4) is 11.5 Å². The van der Waals surface area contributed by atoms with Crippen LogP contribution in [-0.2, 0) is 4.79 Å². The maximum Gasteiger partial charge on any atom is 0.228 e. The Balaban J connectivity index is 1.39. The lowest BCUT2D eigenvalue weighted by atomic mass is 9.79. The van der Waals surface area contributed by atoms with Crippen LogP contribution in [0.2, 0.25) is 0 Å². The number of anilines is 1. The molecule has 1 N–H and O–H groups in total. The topological polar surface area (TPSA) is 90.5 Å². The van der Waals surface area contributed by atoms with Crippen LogP contribution in [0.5, 0.6) is 0 Å². The van der Waals surface area contributed by atoms with E-state index in [0.29, 0.717) is 17.3 Å². The third-order valence-electron chi connectivity index (χ3n) is 6.81. The van der Waals surface area contributed by atoms with Gasteiger partial charge in [-0.1, -0.05) is 44.4 Å². The highest BCUT2D eigenvalue weighted by molar-refractivity contribution is 5.93. The summed E-state index contributed by atoms with van der Waals surface area (Å²) in [4.78, 5) is 22.1. The van der Waals surface area contributed by atoms with Crippen LogP contribution in [0.25, 0.3) is 22.5 Å². The number of nitrogens with zero attached hydrogens (tertiary/aromatic N) is 6. The molecule has 1 saturated carbocycles. The molecule has 0 unspecified atom stereocenters. The lowest BCUT2D eigenvalue weighted by Gasteiger charge is -2.27. The van der Waals surface area contributed by atoms with Gasteiger partial charge in [0.05, 0.1) is 23.0 Å². The number of para-hydroxylation sites is 1.